The minimum absolute atomic E-state index is 0.0384. The molecule has 0 heterocycles. The Bertz CT molecular complexity index is 713. The normalized spacial score (nSPS) is 11.4. The summed E-state index contributed by atoms with van der Waals surface area (Å²) in [6.07, 6.45) is 2.47. The van der Waals surface area contributed by atoms with Gasteiger partial charge in [0.05, 0.1) is 0 Å². The number of hydrogen-bond acceptors (Lipinski definition) is 2. The fourth-order valence-electron chi connectivity index (χ4n) is 2.83. The smallest absolute Gasteiger partial charge is 0.243 e. The molecule has 136 valence electrons. The number of hydrogen-bond donors (Lipinski definition) is 1. The van der Waals surface area contributed by atoms with E-state index >= 15 is 0 Å². The number of carbonyl (C=O) groups is 2. The monoisotopic (exact) mass is 350 g/mol. The highest BCUT2D eigenvalue weighted by Crippen LogP contribution is 2.15. The predicted octanol–water partition coefficient (Wildman–Crippen LogP) is 3.34. The van der Waals surface area contributed by atoms with Crippen molar-refractivity contribution in [3.05, 3.63) is 84.4 Å². The van der Waals surface area contributed by atoms with Gasteiger partial charge in [0.25, 0.3) is 0 Å². The molecule has 1 N–H and O–H groups in total. The van der Waals surface area contributed by atoms with E-state index in [0.717, 1.165) is 11.1 Å². The lowest BCUT2D eigenvalue weighted by atomic mass is 10.0. The zero-order chi connectivity index (χ0) is 18.8. The molecule has 0 spiro atoms. The Balaban J connectivity index is 2.30. The minimum atomic E-state index is -0.565. The molecule has 26 heavy (non-hydrogen) atoms. The van der Waals surface area contributed by atoms with Crippen molar-refractivity contribution < 1.29 is 9.59 Å². The Morgan fingerprint density at radius 1 is 1.04 bits per heavy atom. The fourth-order valence-corrected chi connectivity index (χ4v) is 2.83. The third-order valence-electron chi connectivity index (χ3n) is 4.19. The van der Waals surface area contributed by atoms with Crippen LogP contribution in [0.25, 0.3) is 0 Å². The van der Waals surface area contributed by atoms with Gasteiger partial charge in [-0.25, -0.2) is 0 Å². The lowest BCUT2D eigenvalue weighted by Crippen LogP contribution is -2.50. The summed E-state index contributed by atoms with van der Waals surface area (Å²) in [5, 5.41) is 2.85. The van der Waals surface area contributed by atoms with Gasteiger partial charge in [0, 0.05) is 25.9 Å². The van der Waals surface area contributed by atoms with Crippen molar-refractivity contribution >= 4 is 11.8 Å². The molecule has 0 aliphatic carbocycles. The van der Waals surface area contributed by atoms with Gasteiger partial charge in [-0.3, -0.25) is 9.59 Å². The predicted molar refractivity (Wildman–Crippen MR) is 104 cm³/mol. The fraction of sp³-hybridized carbons (Fsp3) is 0.273. The zero-order valence-electron chi connectivity index (χ0n) is 15.2. The van der Waals surface area contributed by atoms with Crippen molar-refractivity contribution in [2.45, 2.75) is 32.4 Å². The van der Waals surface area contributed by atoms with Gasteiger partial charge in [-0.15, -0.1) is 6.58 Å². The van der Waals surface area contributed by atoms with Gasteiger partial charge < -0.3 is 10.2 Å². The van der Waals surface area contributed by atoms with Gasteiger partial charge in [-0.05, 0) is 11.1 Å². The molecule has 0 aromatic heterocycles. The topological polar surface area (TPSA) is 49.4 Å². The standard InChI is InChI=1S/C22H26N2O2/c1-3-15-23-22(26)20(16-18-11-7-5-8-12-18)24(21(25)4-2)17-19-13-9-6-10-14-19/h3,5-14,20H,1,4,15-17H2,2H3,(H,23,26)/t20-/m1/s1. The van der Waals surface area contributed by atoms with E-state index in [1.807, 2.05) is 67.6 Å². The van der Waals surface area contributed by atoms with E-state index in [0.29, 0.717) is 25.9 Å². The average molecular weight is 350 g/mol. The summed E-state index contributed by atoms with van der Waals surface area (Å²) in [5.74, 6) is -0.199. The van der Waals surface area contributed by atoms with Crippen molar-refractivity contribution in [3.8, 4) is 0 Å². The Kier molecular flexibility index (Phi) is 7.62. The largest absolute Gasteiger partial charge is 0.351 e. The molecule has 2 amide bonds. The maximum Gasteiger partial charge on any atom is 0.243 e. The van der Waals surface area contributed by atoms with E-state index in [9.17, 15) is 9.59 Å². The van der Waals surface area contributed by atoms with Crippen molar-refractivity contribution in [1.29, 1.82) is 0 Å². The van der Waals surface area contributed by atoms with Crippen LogP contribution < -0.4 is 5.32 Å². The summed E-state index contributed by atoms with van der Waals surface area (Å²) < 4.78 is 0. The van der Waals surface area contributed by atoms with E-state index < -0.39 is 6.04 Å². The molecule has 2 aromatic carbocycles. The molecule has 0 fully saturated rings. The van der Waals surface area contributed by atoms with Crippen LogP contribution in [0.15, 0.2) is 73.3 Å². The van der Waals surface area contributed by atoms with Crippen LogP contribution >= 0.6 is 0 Å². The zero-order valence-corrected chi connectivity index (χ0v) is 15.2. The van der Waals surface area contributed by atoms with Crippen LogP contribution in [-0.4, -0.2) is 29.3 Å². The van der Waals surface area contributed by atoms with Gasteiger partial charge in [-0.1, -0.05) is 73.7 Å². The van der Waals surface area contributed by atoms with E-state index in [1.54, 1.807) is 11.0 Å². The first-order valence-corrected chi connectivity index (χ1v) is 8.91. The van der Waals surface area contributed by atoms with Crippen LogP contribution in [0, 0.1) is 0 Å². The lowest BCUT2D eigenvalue weighted by Gasteiger charge is -2.31. The number of rotatable bonds is 9. The second-order valence-corrected chi connectivity index (χ2v) is 6.10. The maximum atomic E-state index is 12.8. The number of benzene rings is 2. The minimum Gasteiger partial charge on any atom is -0.351 e. The lowest BCUT2D eigenvalue weighted by molar-refractivity contribution is -0.140. The van der Waals surface area contributed by atoms with Gasteiger partial charge in [0.15, 0.2) is 0 Å². The molecule has 1 atom stereocenters. The van der Waals surface area contributed by atoms with E-state index in [4.69, 9.17) is 0 Å². The molecule has 0 saturated heterocycles. The van der Waals surface area contributed by atoms with Crippen molar-refractivity contribution in [2.75, 3.05) is 6.54 Å². The molecule has 0 bridgehead atoms. The first-order chi connectivity index (χ1) is 12.7. The van der Waals surface area contributed by atoms with E-state index in [1.165, 1.54) is 0 Å². The van der Waals surface area contributed by atoms with Crippen LogP contribution in [0.2, 0.25) is 0 Å². The summed E-state index contributed by atoms with van der Waals surface area (Å²) in [6, 6.07) is 19.0. The number of amides is 2. The molecule has 2 rings (SSSR count). The molecular formula is C22H26N2O2. The molecule has 0 aliphatic rings. The van der Waals surface area contributed by atoms with Crippen LogP contribution in [0.3, 0.4) is 0 Å². The first-order valence-electron chi connectivity index (χ1n) is 8.91. The number of nitrogens with zero attached hydrogens (tertiary/aromatic N) is 1. The van der Waals surface area contributed by atoms with Gasteiger partial charge in [-0.2, -0.15) is 0 Å². The SMILES string of the molecule is C=CCNC(=O)[C@@H](Cc1ccccc1)N(Cc1ccccc1)C(=O)CC. The Morgan fingerprint density at radius 2 is 1.62 bits per heavy atom. The number of carbonyl (C=O) groups excluding carboxylic acids is 2. The van der Waals surface area contributed by atoms with Crippen LogP contribution in [0.5, 0.6) is 0 Å². The second-order valence-electron chi connectivity index (χ2n) is 6.10. The van der Waals surface area contributed by atoms with E-state index in [-0.39, 0.29) is 11.8 Å². The molecule has 0 aliphatic heterocycles. The third kappa shape index (κ3) is 5.59. The summed E-state index contributed by atoms with van der Waals surface area (Å²) >= 11 is 0. The number of nitrogens with one attached hydrogen (secondary N) is 1. The Morgan fingerprint density at radius 3 is 2.15 bits per heavy atom. The molecule has 0 unspecified atom stereocenters. The van der Waals surface area contributed by atoms with E-state index in [2.05, 4.69) is 11.9 Å². The molecule has 0 saturated carbocycles. The molecule has 0 radical (unpaired) electrons. The van der Waals surface area contributed by atoms with Crippen LogP contribution in [0.1, 0.15) is 24.5 Å². The molecule has 4 heteroatoms. The Labute approximate surface area is 155 Å². The van der Waals surface area contributed by atoms with Crippen molar-refractivity contribution in [2.24, 2.45) is 0 Å². The summed E-state index contributed by atoms with van der Waals surface area (Å²) in [7, 11) is 0. The van der Waals surface area contributed by atoms with Crippen molar-refractivity contribution in [1.82, 2.24) is 10.2 Å². The highest BCUT2D eigenvalue weighted by atomic mass is 16.2. The van der Waals surface area contributed by atoms with Crippen LogP contribution in [-0.2, 0) is 22.6 Å². The first kappa shape index (κ1) is 19.4. The average Bonchev–Trinajstić information content (AvgIpc) is 2.69. The van der Waals surface area contributed by atoms with Gasteiger partial charge >= 0.3 is 0 Å². The highest BCUT2D eigenvalue weighted by molar-refractivity contribution is 5.88. The summed E-state index contributed by atoms with van der Waals surface area (Å²) in [4.78, 5) is 27.1. The molecular weight excluding hydrogens is 324 g/mol. The quantitative estimate of drug-likeness (QED) is 0.705. The molecule has 4 nitrogen and oxygen atoms in total. The van der Waals surface area contributed by atoms with Crippen molar-refractivity contribution in [3.63, 3.8) is 0 Å². The Hall–Kier alpha value is -2.88. The summed E-state index contributed by atoms with van der Waals surface area (Å²) in [6.45, 7) is 6.25. The van der Waals surface area contributed by atoms with Gasteiger partial charge in [0.1, 0.15) is 6.04 Å². The second kappa shape index (κ2) is 10.2. The maximum absolute atomic E-state index is 12.8. The molecule has 2 aromatic rings. The van der Waals surface area contributed by atoms with Gasteiger partial charge in [0.2, 0.25) is 11.8 Å². The summed E-state index contributed by atoms with van der Waals surface area (Å²) in [5.41, 5.74) is 2.03. The third-order valence-corrected chi connectivity index (χ3v) is 4.19. The highest BCUT2D eigenvalue weighted by Gasteiger charge is 2.29. The van der Waals surface area contributed by atoms with Crippen LogP contribution in [0.4, 0.5) is 0 Å².